The molecule has 0 atom stereocenters. The molecule has 1 saturated heterocycles. The van der Waals surface area contributed by atoms with Crippen molar-refractivity contribution in [1.29, 1.82) is 0 Å². The van der Waals surface area contributed by atoms with Gasteiger partial charge in [0.1, 0.15) is 5.75 Å². The molecule has 1 heterocycles. The molecule has 1 fully saturated rings. The van der Waals surface area contributed by atoms with Crippen LogP contribution >= 0.6 is 0 Å². The number of sulfonamides is 1. The maximum absolute atomic E-state index is 12.7. The highest BCUT2D eigenvalue weighted by atomic mass is 32.2. The van der Waals surface area contributed by atoms with Crippen LogP contribution in [0.4, 0.5) is 0 Å². The number of ether oxygens (including phenoxy) is 1. The van der Waals surface area contributed by atoms with E-state index in [1.54, 1.807) is 23.1 Å². The van der Waals surface area contributed by atoms with Crippen LogP contribution in [0.15, 0.2) is 29.2 Å². The third-order valence-corrected chi connectivity index (χ3v) is 5.91. The molecule has 0 saturated carbocycles. The van der Waals surface area contributed by atoms with Crippen molar-refractivity contribution in [2.45, 2.75) is 31.1 Å². The quantitative estimate of drug-likeness (QED) is 0.791. The van der Waals surface area contributed by atoms with E-state index in [9.17, 15) is 13.2 Å². The fourth-order valence-electron chi connectivity index (χ4n) is 2.57. The predicted octanol–water partition coefficient (Wildman–Crippen LogP) is 1.72. The smallest absolute Gasteiger partial charge is 0.243 e. The second-order valence-corrected chi connectivity index (χ2v) is 7.51. The zero-order valence-corrected chi connectivity index (χ0v) is 14.5. The molecule has 0 bridgehead atoms. The van der Waals surface area contributed by atoms with Gasteiger partial charge in [-0.1, -0.05) is 19.4 Å². The van der Waals surface area contributed by atoms with Crippen LogP contribution in [0.25, 0.3) is 0 Å². The van der Waals surface area contributed by atoms with Gasteiger partial charge in [0.15, 0.2) is 0 Å². The fraction of sp³-hybridized carbons (Fsp3) is 0.562. The van der Waals surface area contributed by atoms with Crippen molar-refractivity contribution in [3.63, 3.8) is 0 Å². The molecule has 23 heavy (non-hydrogen) atoms. The summed E-state index contributed by atoms with van der Waals surface area (Å²) in [5.74, 6) is 0.629. The van der Waals surface area contributed by atoms with Gasteiger partial charge in [0.25, 0.3) is 0 Å². The number of carbonyl (C=O) groups is 1. The van der Waals surface area contributed by atoms with Gasteiger partial charge in [-0.05, 0) is 18.6 Å². The van der Waals surface area contributed by atoms with E-state index < -0.39 is 10.0 Å². The molecule has 2 rings (SSSR count). The van der Waals surface area contributed by atoms with Crippen LogP contribution in [0, 0.1) is 0 Å². The molecular weight excluding hydrogens is 316 g/mol. The molecule has 1 aliphatic rings. The molecule has 7 heteroatoms. The van der Waals surface area contributed by atoms with Gasteiger partial charge in [-0.2, -0.15) is 4.31 Å². The third kappa shape index (κ3) is 4.23. The molecular formula is C16H24N2O4S. The standard InChI is InChI=1S/C16H24N2O4S/c1-3-4-8-16(19)17-9-11-18(12-10-17)23(20,21)15-7-5-6-14(13-15)22-2/h5-7,13H,3-4,8-12H2,1-2H3. The number of benzene rings is 1. The maximum atomic E-state index is 12.7. The highest BCUT2D eigenvalue weighted by Gasteiger charge is 2.30. The lowest BCUT2D eigenvalue weighted by atomic mass is 10.2. The van der Waals surface area contributed by atoms with E-state index >= 15 is 0 Å². The lowest BCUT2D eigenvalue weighted by Crippen LogP contribution is -2.50. The molecule has 0 N–H and O–H groups in total. The van der Waals surface area contributed by atoms with Crippen LogP contribution in [0.3, 0.4) is 0 Å². The molecule has 0 radical (unpaired) electrons. The molecule has 1 aromatic carbocycles. The summed E-state index contributed by atoms with van der Waals surface area (Å²) >= 11 is 0. The maximum Gasteiger partial charge on any atom is 0.243 e. The Morgan fingerprint density at radius 3 is 2.52 bits per heavy atom. The first-order chi connectivity index (χ1) is 11.0. The number of hydrogen-bond acceptors (Lipinski definition) is 4. The van der Waals surface area contributed by atoms with Gasteiger partial charge < -0.3 is 9.64 Å². The molecule has 1 aliphatic heterocycles. The molecule has 0 aromatic heterocycles. The largest absolute Gasteiger partial charge is 0.497 e. The van der Waals surface area contributed by atoms with Gasteiger partial charge in [-0.25, -0.2) is 8.42 Å². The molecule has 1 aromatic rings. The monoisotopic (exact) mass is 340 g/mol. The van der Waals surface area contributed by atoms with Crippen molar-refractivity contribution in [2.24, 2.45) is 0 Å². The van der Waals surface area contributed by atoms with E-state index in [1.807, 2.05) is 6.92 Å². The summed E-state index contributed by atoms with van der Waals surface area (Å²) < 4.78 is 31.9. The topological polar surface area (TPSA) is 66.9 Å². The number of piperazine rings is 1. The molecule has 0 unspecified atom stereocenters. The molecule has 0 aliphatic carbocycles. The zero-order chi connectivity index (χ0) is 16.9. The summed E-state index contributed by atoms with van der Waals surface area (Å²) in [6.07, 6.45) is 2.40. The average Bonchev–Trinajstić information content (AvgIpc) is 2.59. The van der Waals surface area contributed by atoms with Crippen molar-refractivity contribution < 1.29 is 17.9 Å². The number of rotatable bonds is 6. The Labute approximate surface area is 138 Å². The summed E-state index contributed by atoms with van der Waals surface area (Å²) in [5.41, 5.74) is 0. The second kappa shape index (κ2) is 7.79. The first-order valence-electron chi connectivity index (χ1n) is 7.91. The van der Waals surface area contributed by atoms with Gasteiger partial charge in [0.2, 0.25) is 15.9 Å². The van der Waals surface area contributed by atoms with E-state index in [4.69, 9.17) is 4.74 Å². The number of amides is 1. The fourth-order valence-corrected chi connectivity index (χ4v) is 4.03. The first kappa shape index (κ1) is 17.7. The number of unbranched alkanes of at least 4 members (excludes halogenated alkanes) is 1. The molecule has 1 amide bonds. The minimum atomic E-state index is -3.55. The Hall–Kier alpha value is -1.60. The lowest BCUT2D eigenvalue weighted by molar-refractivity contribution is -0.132. The van der Waals surface area contributed by atoms with Gasteiger partial charge in [0.05, 0.1) is 12.0 Å². The highest BCUT2D eigenvalue weighted by Crippen LogP contribution is 2.22. The van der Waals surface area contributed by atoms with Crippen LogP contribution in [-0.4, -0.2) is 56.8 Å². The summed E-state index contributed by atoms with van der Waals surface area (Å²) in [6, 6.07) is 6.46. The van der Waals surface area contributed by atoms with E-state index in [1.165, 1.54) is 17.5 Å². The van der Waals surface area contributed by atoms with E-state index in [0.717, 1.165) is 12.8 Å². The number of hydrogen-bond donors (Lipinski definition) is 0. The van der Waals surface area contributed by atoms with Crippen LogP contribution in [0.1, 0.15) is 26.2 Å². The Morgan fingerprint density at radius 2 is 1.91 bits per heavy atom. The Kier molecular flexibility index (Phi) is 6.01. The highest BCUT2D eigenvalue weighted by molar-refractivity contribution is 7.89. The second-order valence-electron chi connectivity index (χ2n) is 5.57. The summed E-state index contributed by atoms with van der Waals surface area (Å²) in [6.45, 7) is 3.61. The Balaban J connectivity index is 2.02. The number of carbonyl (C=O) groups excluding carboxylic acids is 1. The van der Waals surface area contributed by atoms with Gasteiger partial charge in [-0.3, -0.25) is 4.79 Å². The van der Waals surface area contributed by atoms with Crippen molar-refractivity contribution >= 4 is 15.9 Å². The van der Waals surface area contributed by atoms with Gasteiger partial charge in [0, 0.05) is 38.7 Å². The predicted molar refractivity (Wildman–Crippen MR) is 87.9 cm³/mol. The third-order valence-electron chi connectivity index (χ3n) is 4.01. The van der Waals surface area contributed by atoms with Crippen LogP contribution in [0.2, 0.25) is 0 Å². The summed E-state index contributed by atoms with van der Waals surface area (Å²) in [4.78, 5) is 14.0. The minimum Gasteiger partial charge on any atom is -0.497 e. The van der Waals surface area contributed by atoms with E-state index in [-0.39, 0.29) is 10.8 Å². The summed E-state index contributed by atoms with van der Waals surface area (Å²) in [5, 5.41) is 0. The summed E-state index contributed by atoms with van der Waals surface area (Å²) in [7, 11) is -2.04. The van der Waals surface area contributed by atoms with Crippen LogP contribution < -0.4 is 4.74 Å². The normalized spacial score (nSPS) is 16.3. The SMILES string of the molecule is CCCCC(=O)N1CCN(S(=O)(=O)c2cccc(OC)c2)CC1. The van der Waals surface area contributed by atoms with Crippen molar-refractivity contribution in [2.75, 3.05) is 33.3 Å². The Morgan fingerprint density at radius 1 is 1.22 bits per heavy atom. The van der Waals surface area contributed by atoms with Gasteiger partial charge in [-0.15, -0.1) is 0 Å². The van der Waals surface area contributed by atoms with Crippen molar-refractivity contribution in [1.82, 2.24) is 9.21 Å². The number of methoxy groups -OCH3 is 1. The average molecular weight is 340 g/mol. The van der Waals surface area contributed by atoms with Gasteiger partial charge >= 0.3 is 0 Å². The van der Waals surface area contributed by atoms with E-state index in [2.05, 4.69) is 0 Å². The van der Waals surface area contributed by atoms with Crippen molar-refractivity contribution in [3.05, 3.63) is 24.3 Å². The molecule has 6 nitrogen and oxygen atoms in total. The van der Waals surface area contributed by atoms with Crippen LogP contribution in [0.5, 0.6) is 5.75 Å². The van der Waals surface area contributed by atoms with E-state index in [0.29, 0.717) is 38.3 Å². The first-order valence-corrected chi connectivity index (χ1v) is 9.35. The minimum absolute atomic E-state index is 0.116. The van der Waals surface area contributed by atoms with Crippen LogP contribution in [-0.2, 0) is 14.8 Å². The Bertz CT molecular complexity index is 637. The molecule has 0 spiro atoms. The van der Waals surface area contributed by atoms with Crippen molar-refractivity contribution in [3.8, 4) is 5.75 Å². The molecule has 128 valence electrons. The zero-order valence-electron chi connectivity index (χ0n) is 13.7. The lowest BCUT2D eigenvalue weighted by Gasteiger charge is -2.34. The number of nitrogens with zero attached hydrogens (tertiary/aromatic N) is 2.